The number of benzene rings is 1. The highest BCUT2D eigenvalue weighted by Gasteiger charge is 2.21. The van der Waals surface area contributed by atoms with Crippen LogP contribution in [0.2, 0.25) is 0 Å². The Labute approximate surface area is 219 Å². The third-order valence-electron chi connectivity index (χ3n) is 6.19. The van der Waals surface area contributed by atoms with Crippen LogP contribution in [0, 0.1) is 27.7 Å². The molecule has 0 unspecified atom stereocenters. The molecular formula is C26H29N9OS. The Kier molecular flexibility index (Phi) is 6.95. The molecule has 0 spiro atoms. The van der Waals surface area contributed by atoms with Crippen LogP contribution in [0.5, 0.6) is 0 Å². The predicted molar refractivity (Wildman–Crippen MR) is 147 cm³/mol. The summed E-state index contributed by atoms with van der Waals surface area (Å²) in [5, 5.41) is 6.72. The zero-order valence-corrected chi connectivity index (χ0v) is 22.1. The van der Waals surface area contributed by atoms with Crippen LogP contribution in [0.1, 0.15) is 32.2 Å². The number of carbonyl (C=O) groups is 1. The molecule has 11 heteroatoms. The van der Waals surface area contributed by atoms with E-state index in [1.165, 1.54) is 22.6 Å². The van der Waals surface area contributed by atoms with Gasteiger partial charge in [0.15, 0.2) is 5.13 Å². The second-order valence-electron chi connectivity index (χ2n) is 9.07. The predicted octanol–water partition coefficient (Wildman–Crippen LogP) is 4.28. The average Bonchev–Trinajstić information content (AvgIpc) is 3.35. The summed E-state index contributed by atoms with van der Waals surface area (Å²) in [6.45, 7) is 11.2. The van der Waals surface area contributed by atoms with Gasteiger partial charge in [0.2, 0.25) is 11.9 Å². The first-order chi connectivity index (χ1) is 17.9. The van der Waals surface area contributed by atoms with Gasteiger partial charge in [-0.3, -0.25) is 15.1 Å². The van der Waals surface area contributed by atoms with Crippen molar-refractivity contribution in [2.24, 2.45) is 0 Å². The topological polar surface area (TPSA) is 112 Å². The lowest BCUT2D eigenvalue weighted by Crippen LogP contribution is -2.47. The van der Waals surface area contributed by atoms with Gasteiger partial charge in [0, 0.05) is 49.9 Å². The number of aryl methyl sites for hydroxylation is 4. The van der Waals surface area contributed by atoms with Crippen molar-refractivity contribution in [3.05, 3.63) is 70.2 Å². The number of anilines is 5. The summed E-state index contributed by atoms with van der Waals surface area (Å²) in [6, 6.07) is 8.16. The molecule has 1 aliphatic heterocycles. The summed E-state index contributed by atoms with van der Waals surface area (Å²) in [6.07, 6.45) is 5.19. The lowest BCUT2D eigenvalue weighted by atomic mass is 10.1. The van der Waals surface area contributed by atoms with Crippen LogP contribution in [0.25, 0.3) is 0 Å². The van der Waals surface area contributed by atoms with Crippen molar-refractivity contribution in [3.63, 3.8) is 0 Å². The normalized spacial score (nSPS) is 13.5. The van der Waals surface area contributed by atoms with E-state index >= 15 is 0 Å². The first-order valence-corrected chi connectivity index (χ1v) is 12.9. The van der Waals surface area contributed by atoms with Crippen molar-refractivity contribution in [1.82, 2.24) is 24.9 Å². The number of nitrogens with one attached hydrogen (secondary N) is 2. The van der Waals surface area contributed by atoms with Crippen molar-refractivity contribution in [2.45, 2.75) is 27.7 Å². The van der Waals surface area contributed by atoms with E-state index in [-0.39, 0.29) is 5.91 Å². The lowest BCUT2D eigenvalue weighted by molar-refractivity contribution is 0.103. The Hall–Kier alpha value is -4.12. The molecule has 10 nitrogen and oxygen atoms in total. The van der Waals surface area contributed by atoms with E-state index in [2.05, 4.69) is 57.5 Å². The minimum Gasteiger partial charge on any atom is -0.368 e. The molecule has 1 fully saturated rings. The molecule has 1 saturated heterocycles. The molecule has 0 radical (unpaired) electrons. The minimum absolute atomic E-state index is 0.194. The summed E-state index contributed by atoms with van der Waals surface area (Å²) in [4.78, 5) is 40.0. The molecule has 1 aromatic carbocycles. The van der Waals surface area contributed by atoms with E-state index in [1.54, 1.807) is 6.20 Å². The molecule has 37 heavy (non-hydrogen) atoms. The maximum atomic E-state index is 12.9. The van der Waals surface area contributed by atoms with Crippen molar-refractivity contribution >= 4 is 45.6 Å². The number of carbonyl (C=O) groups excluding carboxylic acids is 1. The number of pyridine rings is 1. The Morgan fingerprint density at radius 1 is 0.919 bits per heavy atom. The third kappa shape index (κ3) is 5.67. The Morgan fingerprint density at radius 3 is 2.30 bits per heavy atom. The van der Waals surface area contributed by atoms with Crippen molar-refractivity contribution in [1.29, 1.82) is 0 Å². The van der Waals surface area contributed by atoms with E-state index in [0.717, 1.165) is 43.0 Å². The second-order valence-corrected chi connectivity index (χ2v) is 10.1. The third-order valence-corrected chi connectivity index (χ3v) is 7.10. The number of hydrogen-bond donors (Lipinski definition) is 2. The van der Waals surface area contributed by atoms with E-state index in [9.17, 15) is 4.79 Å². The van der Waals surface area contributed by atoms with Gasteiger partial charge in [-0.1, -0.05) is 29.0 Å². The van der Waals surface area contributed by atoms with Gasteiger partial charge in [-0.15, -0.1) is 0 Å². The first-order valence-electron chi connectivity index (χ1n) is 12.1. The fourth-order valence-corrected chi connectivity index (χ4v) is 5.17. The van der Waals surface area contributed by atoms with Gasteiger partial charge in [0.1, 0.15) is 10.7 Å². The van der Waals surface area contributed by atoms with E-state index < -0.39 is 0 Å². The first kappa shape index (κ1) is 24.6. The molecule has 0 atom stereocenters. The average molecular weight is 516 g/mol. The molecule has 4 aromatic rings. The van der Waals surface area contributed by atoms with Gasteiger partial charge in [-0.2, -0.15) is 15.0 Å². The fraction of sp³-hybridized carbons (Fsp3) is 0.308. The maximum Gasteiger partial charge on any atom is 0.267 e. The fourth-order valence-electron chi connectivity index (χ4n) is 4.47. The smallest absolute Gasteiger partial charge is 0.267 e. The van der Waals surface area contributed by atoms with Gasteiger partial charge in [0.05, 0.1) is 6.20 Å². The second kappa shape index (κ2) is 10.5. The molecule has 190 valence electrons. The highest BCUT2D eigenvalue weighted by Crippen LogP contribution is 2.26. The van der Waals surface area contributed by atoms with Crippen LogP contribution >= 0.6 is 11.3 Å². The van der Waals surface area contributed by atoms with Crippen LogP contribution in [0.15, 0.2) is 42.9 Å². The molecule has 0 saturated carbocycles. The molecule has 2 N–H and O–H groups in total. The van der Waals surface area contributed by atoms with Crippen LogP contribution in [0.3, 0.4) is 0 Å². The zero-order chi connectivity index (χ0) is 25.9. The van der Waals surface area contributed by atoms with E-state index in [1.807, 2.05) is 52.2 Å². The molecule has 5 rings (SSSR count). The van der Waals surface area contributed by atoms with Crippen molar-refractivity contribution < 1.29 is 4.79 Å². The van der Waals surface area contributed by atoms with Gasteiger partial charge in [0.25, 0.3) is 5.91 Å². The number of hydrogen-bond acceptors (Lipinski definition) is 10. The minimum atomic E-state index is -0.194. The van der Waals surface area contributed by atoms with Crippen molar-refractivity contribution in [2.75, 3.05) is 46.6 Å². The Balaban J connectivity index is 1.25. The molecule has 4 heterocycles. The van der Waals surface area contributed by atoms with Gasteiger partial charge in [-0.05, 0) is 51.0 Å². The maximum absolute atomic E-state index is 12.9. The number of aromatic nitrogens is 5. The van der Waals surface area contributed by atoms with Gasteiger partial charge >= 0.3 is 0 Å². The van der Waals surface area contributed by atoms with Gasteiger partial charge < -0.3 is 15.1 Å². The van der Waals surface area contributed by atoms with Gasteiger partial charge in [-0.25, -0.2) is 4.98 Å². The van der Waals surface area contributed by atoms with Crippen LogP contribution in [-0.2, 0) is 0 Å². The number of nitrogens with zero attached hydrogens (tertiary/aromatic N) is 7. The van der Waals surface area contributed by atoms with Crippen LogP contribution in [-0.4, -0.2) is 57.0 Å². The Bertz CT molecular complexity index is 1390. The largest absolute Gasteiger partial charge is 0.368 e. The molecule has 1 aliphatic rings. The summed E-state index contributed by atoms with van der Waals surface area (Å²) in [5.41, 5.74) is 5.23. The molecule has 1 amide bonds. The zero-order valence-electron chi connectivity index (χ0n) is 21.3. The molecular weight excluding hydrogens is 486 g/mol. The number of rotatable bonds is 6. The lowest BCUT2D eigenvalue weighted by Gasteiger charge is -2.36. The number of piperazine rings is 1. The van der Waals surface area contributed by atoms with E-state index in [4.69, 9.17) is 0 Å². The summed E-state index contributed by atoms with van der Waals surface area (Å²) in [5.74, 6) is 1.46. The molecule has 3 aromatic heterocycles. The van der Waals surface area contributed by atoms with Crippen molar-refractivity contribution in [3.8, 4) is 0 Å². The van der Waals surface area contributed by atoms with Crippen LogP contribution < -0.4 is 20.4 Å². The monoisotopic (exact) mass is 515 g/mol. The summed E-state index contributed by atoms with van der Waals surface area (Å²) < 4.78 is 0. The number of thiazole rings is 1. The van der Waals surface area contributed by atoms with Crippen LogP contribution in [0.4, 0.5) is 28.4 Å². The highest BCUT2D eigenvalue weighted by atomic mass is 32.1. The standard InChI is InChI=1S/C26H29N9OS/c1-16-13-17(2)22(18(3)14-16)31-23(36)21-15-28-26(37-21)33-24-29-19(4)30-25(32-24)35-11-9-34(10-12-35)20-5-7-27-8-6-20/h5-8,13-15H,9-12H2,1-4H3,(H,31,36)(H,28,29,30,32,33). The summed E-state index contributed by atoms with van der Waals surface area (Å²) in [7, 11) is 0. The van der Waals surface area contributed by atoms with E-state index in [0.29, 0.717) is 27.7 Å². The number of amides is 1. The quantitative estimate of drug-likeness (QED) is 0.388. The highest BCUT2D eigenvalue weighted by molar-refractivity contribution is 7.17. The molecule has 0 bridgehead atoms. The molecule has 0 aliphatic carbocycles. The SMILES string of the molecule is Cc1cc(C)c(NC(=O)c2cnc(Nc3nc(C)nc(N4CCN(c5ccncc5)CC4)n3)s2)c(C)c1. The summed E-state index contributed by atoms with van der Waals surface area (Å²) >= 11 is 1.26. The Morgan fingerprint density at radius 2 is 1.59 bits per heavy atom.